The second-order valence-corrected chi connectivity index (χ2v) is 6.36. The van der Waals surface area contributed by atoms with Crippen LogP contribution in [0.5, 0.6) is 0 Å². The monoisotopic (exact) mass is 281 g/mol. The fraction of sp³-hybridized carbons (Fsp3) is 0.571. The van der Waals surface area contributed by atoms with Gasteiger partial charge in [-0.1, -0.05) is 6.92 Å². The second kappa shape index (κ2) is 6.19. The van der Waals surface area contributed by atoms with Gasteiger partial charge in [0.25, 0.3) is 5.91 Å². The molecule has 1 aliphatic rings. The van der Waals surface area contributed by atoms with Gasteiger partial charge in [0.05, 0.1) is 0 Å². The average Bonchev–Trinajstić information content (AvgIpc) is 2.82. The van der Waals surface area contributed by atoms with Crippen LogP contribution < -0.4 is 0 Å². The molecule has 1 aliphatic heterocycles. The molecule has 19 heavy (non-hydrogen) atoms. The number of carbonyl (C=O) groups is 2. The van der Waals surface area contributed by atoms with Crippen LogP contribution in [-0.4, -0.2) is 36.5 Å². The van der Waals surface area contributed by atoms with Crippen LogP contribution in [0.15, 0.2) is 12.1 Å². The summed E-state index contributed by atoms with van der Waals surface area (Å²) in [6.07, 6.45) is 2.20. The third kappa shape index (κ3) is 3.80. The first-order valence-corrected chi connectivity index (χ1v) is 7.39. The van der Waals surface area contributed by atoms with E-state index in [1.54, 1.807) is 11.0 Å². The smallest absolute Gasteiger partial charge is 0.348 e. The van der Waals surface area contributed by atoms with Crippen molar-refractivity contribution >= 4 is 23.2 Å². The molecule has 104 valence electrons. The summed E-state index contributed by atoms with van der Waals surface area (Å²) in [5.41, 5.74) is 0. The minimum atomic E-state index is -0.406. The largest absolute Gasteiger partial charge is 0.451 e. The fourth-order valence-electron chi connectivity index (χ4n) is 2.25. The van der Waals surface area contributed by atoms with Crippen LogP contribution in [0.4, 0.5) is 0 Å². The topological polar surface area (TPSA) is 46.6 Å². The molecule has 1 saturated heterocycles. The molecule has 0 spiro atoms. The van der Waals surface area contributed by atoms with Crippen molar-refractivity contribution < 1.29 is 14.3 Å². The molecule has 0 saturated carbocycles. The van der Waals surface area contributed by atoms with E-state index in [9.17, 15) is 9.59 Å². The van der Waals surface area contributed by atoms with Crippen molar-refractivity contribution in [3.63, 3.8) is 0 Å². The van der Waals surface area contributed by atoms with E-state index in [0.717, 1.165) is 30.8 Å². The van der Waals surface area contributed by atoms with Crippen LogP contribution in [0.25, 0.3) is 0 Å². The molecule has 2 rings (SSSR count). The molecule has 4 nitrogen and oxygen atoms in total. The number of carbonyl (C=O) groups excluding carboxylic acids is 2. The van der Waals surface area contributed by atoms with Gasteiger partial charge in [0.1, 0.15) is 4.88 Å². The van der Waals surface area contributed by atoms with Crippen molar-refractivity contribution in [1.29, 1.82) is 0 Å². The quantitative estimate of drug-likeness (QED) is 0.800. The Hall–Kier alpha value is -1.36. The number of thiophene rings is 1. The second-order valence-electron chi connectivity index (χ2n) is 5.07. The Morgan fingerprint density at radius 1 is 1.47 bits per heavy atom. The summed E-state index contributed by atoms with van der Waals surface area (Å²) < 4.78 is 5.07. The minimum absolute atomic E-state index is 0.0896. The first-order valence-electron chi connectivity index (χ1n) is 6.57. The maximum absolute atomic E-state index is 11.9. The first kappa shape index (κ1) is 14.1. The van der Waals surface area contributed by atoms with Gasteiger partial charge in [-0.3, -0.25) is 4.79 Å². The zero-order chi connectivity index (χ0) is 13.8. The molecule has 0 N–H and O–H groups in total. The van der Waals surface area contributed by atoms with Crippen molar-refractivity contribution in [2.24, 2.45) is 5.92 Å². The van der Waals surface area contributed by atoms with Crippen molar-refractivity contribution in [2.75, 3.05) is 19.7 Å². The van der Waals surface area contributed by atoms with Crippen LogP contribution in [0, 0.1) is 12.8 Å². The summed E-state index contributed by atoms with van der Waals surface area (Å²) in [5, 5.41) is 0. The molecule has 1 aromatic rings. The number of ether oxygens (including phenoxy) is 1. The normalized spacial score (nSPS) is 19.3. The van der Waals surface area contributed by atoms with Gasteiger partial charge in [-0.15, -0.1) is 11.3 Å². The third-order valence-corrected chi connectivity index (χ3v) is 4.26. The summed E-state index contributed by atoms with van der Waals surface area (Å²) in [7, 11) is 0. The van der Waals surface area contributed by atoms with E-state index in [1.165, 1.54) is 11.3 Å². The van der Waals surface area contributed by atoms with Gasteiger partial charge in [-0.05, 0) is 37.8 Å². The van der Waals surface area contributed by atoms with Crippen molar-refractivity contribution in [3.05, 3.63) is 21.9 Å². The van der Waals surface area contributed by atoms with Crippen LogP contribution in [0.3, 0.4) is 0 Å². The van der Waals surface area contributed by atoms with Gasteiger partial charge in [-0.2, -0.15) is 0 Å². The average molecular weight is 281 g/mol. The Labute approximate surface area is 117 Å². The number of amides is 1. The molecule has 2 heterocycles. The molecule has 5 heteroatoms. The summed E-state index contributed by atoms with van der Waals surface area (Å²) in [6, 6.07) is 3.60. The Bertz CT molecular complexity index is 469. The lowest BCUT2D eigenvalue weighted by molar-refractivity contribution is -0.136. The summed E-state index contributed by atoms with van der Waals surface area (Å²) in [6.45, 7) is 5.47. The highest BCUT2D eigenvalue weighted by atomic mass is 32.1. The number of rotatable bonds is 3. The molecule has 0 aromatic carbocycles. The number of aryl methyl sites for hydroxylation is 1. The van der Waals surface area contributed by atoms with Crippen LogP contribution in [0.2, 0.25) is 0 Å². The van der Waals surface area contributed by atoms with Gasteiger partial charge in [0, 0.05) is 18.0 Å². The van der Waals surface area contributed by atoms with Crippen LogP contribution in [-0.2, 0) is 9.53 Å². The molecule has 0 bridgehead atoms. The Morgan fingerprint density at radius 2 is 2.26 bits per heavy atom. The van der Waals surface area contributed by atoms with E-state index in [4.69, 9.17) is 4.74 Å². The number of hydrogen-bond donors (Lipinski definition) is 0. The summed E-state index contributed by atoms with van der Waals surface area (Å²) in [4.78, 5) is 27.1. The number of esters is 1. The number of piperidine rings is 1. The highest BCUT2D eigenvalue weighted by Gasteiger charge is 2.22. The molecule has 0 radical (unpaired) electrons. The van der Waals surface area contributed by atoms with Gasteiger partial charge in [0.15, 0.2) is 6.61 Å². The van der Waals surface area contributed by atoms with Gasteiger partial charge in [-0.25, -0.2) is 4.79 Å². The predicted molar refractivity (Wildman–Crippen MR) is 74.3 cm³/mol. The maximum Gasteiger partial charge on any atom is 0.348 e. The van der Waals surface area contributed by atoms with E-state index in [0.29, 0.717) is 10.8 Å². The predicted octanol–water partition coefficient (Wildman–Crippen LogP) is 2.47. The summed E-state index contributed by atoms with van der Waals surface area (Å²) >= 11 is 1.38. The lowest BCUT2D eigenvalue weighted by atomic mass is 10.0. The summed E-state index contributed by atoms with van der Waals surface area (Å²) in [5.74, 6) is 0.0398. The minimum Gasteiger partial charge on any atom is -0.451 e. The van der Waals surface area contributed by atoms with Crippen LogP contribution in [0.1, 0.15) is 34.3 Å². The lowest BCUT2D eigenvalue weighted by Gasteiger charge is -2.30. The van der Waals surface area contributed by atoms with Gasteiger partial charge in [0.2, 0.25) is 0 Å². The molecular weight excluding hydrogens is 262 g/mol. The Morgan fingerprint density at radius 3 is 2.89 bits per heavy atom. The van der Waals surface area contributed by atoms with E-state index in [1.807, 2.05) is 13.0 Å². The molecule has 1 unspecified atom stereocenters. The van der Waals surface area contributed by atoms with E-state index in [-0.39, 0.29) is 12.5 Å². The molecule has 1 fully saturated rings. The molecule has 1 aromatic heterocycles. The molecular formula is C14H19NO3S. The Kier molecular flexibility index (Phi) is 4.58. The standard InChI is InChI=1S/C14H19NO3S/c1-10-4-3-7-15(8-10)13(16)9-18-14(17)12-6-5-11(2)19-12/h5-6,10H,3-4,7-9H2,1-2H3. The molecule has 1 amide bonds. The van der Waals surface area contributed by atoms with E-state index in [2.05, 4.69) is 6.92 Å². The zero-order valence-electron chi connectivity index (χ0n) is 11.3. The number of nitrogens with zero attached hydrogens (tertiary/aromatic N) is 1. The van der Waals surface area contributed by atoms with Crippen molar-refractivity contribution in [3.8, 4) is 0 Å². The SMILES string of the molecule is Cc1ccc(C(=O)OCC(=O)N2CCCC(C)C2)s1. The van der Waals surface area contributed by atoms with E-state index < -0.39 is 5.97 Å². The zero-order valence-corrected chi connectivity index (χ0v) is 12.2. The van der Waals surface area contributed by atoms with Crippen LogP contribution >= 0.6 is 11.3 Å². The van der Waals surface area contributed by atoms with Crippen molar-refractivity contribution in [1.82, 2.24) is 4.90 Å². The van der Waals surface area contributed by atoms with Crippen molar-refractivity contribution in [2.45, 2.75) is 26.7 Å². The fourth-order valence-corrected chi connectivity index (χ4v) is 3.01. The lowest BCUT2D eigenvalue weighted by Crippen LogP contribution is -2.41. The van der Waals surface area contributed by atoms with Gasteiger partial charge < -0.3 is 9.64 Å². The number of likely N-dealkylation sites (tertiary alicyclic amines) is 1. The maximum atomic E-state index is 11.9. The highest BCUT2D eigenvalue weighted by molar-refractivity contribution is 7.13. The third-order valence-electron chi connectivity index (χ3n) is 3.28. The number of hydrogen-bond acceptors (Lipinski definition) is 4. The Balaban J connectivity index is 1.81. The highest BCUT2D eigenvalue weighted by Crippen LogP contribution is 2.17. The van der Waals surface area contributed by atoms with E-state index >= 15 is 0 Å². The molecule has 0 aliphatic carbocycles. The first-order chi connectivity index (χ1) is 9.06. The van der Waals surface area contributed by atoms with Gasteiger partial charge >= 0.3 is 5.97 Å². The molecule has 1 atom stereocenters.